The van der Waals surface area contributed by atoms with Gasteiger partial charge in [0.25, 0.3) is 0 Å². The highest BCUT2D eigenvalue weighted by molar-refractivity contribution is 7.99. The van der Waals surface area contributed by atoms with Crippen LogP contribution in [0.2, 0.25) is 5.02 Å². The fourth-order valence-corrected chi connectivity index (χ4v) is 3.00. The van der Waals surface area contributed by atoms with Crippen LogP contribution in [0.15, 0.2) is 18.5 Å². The van der Waals surface area contributed by atoms with Gasteiger partial charge in [-0.2, -0.15) is 11.8 Å². The molecule has 4 heteroatoms. The Hall–Kier alpha value is -0.250. The number of halogens is 1. The second kappa shape index (κ2) is 5.73. The van der Waals surface area contributed by atoms with Crippen molar-refractivity contribution in [2.24, 2.45) is 0 Å². The van der Waals surface area contributed by atoms with Crippen LogP contribution < -0.4 is 5.32 Å². The van der Waals surface area contributed by atoms with Crippen LogP contribution in [0.25, 0.3) is 0 Å². The first kappa shape index (κ1) is 11.2. The van der Waals surface area contributed by atoms with Gasteiger partial charge in [0.1, 0.15) is 0 Å². The van der Waals surface area contributed by atoms with Crippen molar-refractivity contribution in [3.05, 3.63) is 29.0 Å². The molecule has 1 aliphatic rings. The standard InChI is InChI=1S/C11H15ClN2S/c12-11-7-13-4-3-9(11)6-14-10-2-1-5-15-8-10/h3-4,7,10,14H,1-2,5-6,8H2. The van der Waals surface area contributed by atoms with E-state index in [-0.39, 0.29) is 0 Å². The van der Waals surface area contributed by atoms with E-state index in [2.05, 4.69) is 10.3 Å². The van der Waals surface area contributed by atoms with Crippen LogP contribution in [0.3, 0.4) is 0 Å². The Kier molecular flexibility index (Phi) is 4.29. The average Bonchev–Trinajstić information content (AvgIpc) is 2.29. The first-order valence-corrected chi connectivity index (χ1v) is 6.79. The lowest BCUT2D eigenvalue weighted by atomic mass is 10.1. The quantitative estimate of drug-likeness (QED) is 0.882. The van der Waals surface area contributed by atoms with Gasteiger partial charge in [0, 0.05) is 30.7 Å². The second-order valence-corrected chi connectivity index (χ2v) is 5.32. The summed E-state index contributed by atoms with van der Waals surface area (Å²) < 4.78 is 0. The minimum Gasteiger partial charge on any atom is -0.309 e. The molecule has 1 aromatic rings. The largest absolute Gasteiger partial charge is 0.309 e. The topological polar surface area (TPSA) is 24.9 Å². The van der Waals surface area contributed by atoms with Crippen molar-refractivity contribution >= 4 is 23.4 Å². The molecule has 1 saturated heterocycles. The summed E-state index contributed by atoms with van der Waals surface area (Å²) in [4.78, 5) is 3.98. The molecule has 15 heavy (non-hydrogen) atoms. The predicted molar refractivity (Wildman–Crippen MR) is 66.4 cm³/mol. The van der Waals surface area contributed by atoms with Gasteiger partial charge in [-0.15, -0.1) is 0 Å². The Bertz CT molecular complexity index is 313. The maximum atomic E-state index is 6.03. The highest BCUT2D eigenvalue weighted by Gasteiger charge is 2.13. The Labute approximate surface area is 99.8 Å². The third kappa shape index (κ3) is 3.37. The molecule has 0 bridgehead atoms. The third-order valence-corrected chi connectivity index (χ3v) is 4.15. The van der Waals surface area contributed by atoms with Crippen LogP contribution in [0, 0.1) is 0 Å². The number of nitrogens with one attached hydrogen (secondary N) is 1. The van der Waals surface area contributed by atoms with Crippen molar-refractivity contribution in [3.63, 3.8) is 0 Å². The Morgan fingerprint density at radius 3 is 3.27 bits per heavy atom. The molecule has 2 rings (SSSR count). The zero-order chi connectivity index (χ0) is 10.5. The van der Waals surface area contributed by atoms with Crippen LogP contribution in [-0.4, -0.2) is 22.5 Å². The van der Waals surface area contributed by atoms with E-state index in [0.717, 1.165) is 17.1 Å². The van der Waals surface area contributed by atoms with Gasteiger partial charge in [-0.1, -0.05) is 11.6 Å². The lowest BCUT2D eigenvalue weighted by Gasteiger charge is -2.22. The van der Waals surface area contributed by atoms with Crippen molar-refractivity contribution in [1.82, 2.24) is 10.3 Å². The summed E-state index contributed by atoms with van der Waals surface area (Å²) in [5.74, 6) is 2.54. The molecule has 1 unspecified atom stereocenters. The van der Waals surface area contributed by atoms with E-state index in [1.54, 1.807) is 12.4 Å². The van der Waals surface area contributed by atoms with Gasteiger partial charge in [-0.05, 0) is 30.2 Å². The summed E-state index contributed by atoms with van der Waals surface area (Å²) in [5.41, 5.74) is 1.14. The molecule has 1 aliphatic heterocycles. The van der Waals surface area contributed by atoms with Gasteiger partial charge < -0.3 is 5.32 Å². The van der Waals surface area contributed by atoms with Gasteiger partial charge in [-0.3, -0.25) is 4.98 Å². The first-order chi connectivity index (χ1) is 7.36. The summed E-state index contributed by atoms with van der Waals surface area (Å²) in [6, 6.07) is 2.62. The molecule has 2 nitrogen and oxygen atoms in total. The van der Waals surface area contributed by atoms with Crippen LogP contribution in [0.1, 0.15) is 18.4 Å². The van der Waals surface area contributed by atoms with E-state index in [1.165, 1.54) is 24.3 Å². The first-order valence-electron chi connectivity index (χ1n) is 5.26. The smallest absolute Gasteiger partial charge is 0.0634 e. The van der Waals surface area contributed by atoms with Crippen LogP contribution >= 0.6 is 23.4 Å². The molecule has 1 fully saturated rings. The molecular weight excluding hydrogens is 228 g/mol. The van der Waals surface area contributed by atoms with Crippen molar-refractivity contribution in [2.45, 2.75) is 25.4 Å². The van der Waals surface area contributed by atoms with Gasteiger partial charge in [0.2, 0.25) is 0 Å². The summed E-state index contributed by atoms with van der Waals surface area (Å²) in [7, 11) is 0. The molecule has 1 N–H and O–H groups in total. The van der Waals surface area contributed by atoms with Crippen LogP contribution in [0.5, 0.6) is 0 Å². The zero-order valence-corrected chi connectivity index (χ0v) is 10.2. The monoisotopic (exact) mass is 242 g/mol. The summed E-state index contributed by atoms with van der Waals surface area (Å²) in [5, 5.41) is 4.30. The number of nitrogens with zero attached hydrogens (tertiary/aromatic N) is 1. The van der Waals surface area contributed by atoms with Crippen molar-refractivity contribution in [3.8, 4) is 0 Å². The number of hydrogen-bond donors (Lipinski definition) is 1. The van der Waals surface area contributed by atoms with Crippen molar-refractivity contribution in [2.75, 3.05) is 11.5 Å². The molecule has 0 aromatic carbocycles. The molecule has 0 amide bonds. The van der Waals surface area contributed by atoms with Gasteiger partial charge in [0.15, 0.2) is 0 Å². The van der Waals surface area contributed by atoms with Crippen molar-refractivity contribution < 1.29 is 0 Å². The molecule has 1 atom stereocenters. The van der Waals surface area contributed by atoms with E-state index < -0.39 is 0 Å². The van der Waals surface area contributed by atoms with Gasteiger partial charge >= 0.3 is 0 Å². The van der Waals surface area contributed by atoms with E-state index in [4.69, 9.17) is 11.6 Å². The number of aromatic nitrogens is 1. The average molecular weight is 243 g/mol. The summed E-state index contributed by atoms with van der Waals surface area (Å²) in [6.45, 7) is 0.854. The lowest BCUT2D eigenvalue weighted by molar-refractivity contribution is 0.507. The number of hydrogen-bond acceptors (Lipinski definition) is 3. The zero-order valence-electron chi connectivity index (χ0n) is 8.58. The highest BCUT2D eigenvalue weighted by Crippen LogP contribution is 2.18. The van der Waals surface area contributed by atoms with E-state index in [0.29, 0.717) is 6.04 Å². The number of pyridine rings is 1. The maximum Gasteiger partial charge on any atom is 0.0634 e. The summed E-state index contributed by atoms with van der Waals surface area (Å²) in [6.07, 6.45) is 6.11. The lowest BCUT2D eigenvalue weighted by Crippen LogP contribution is -2.33. The normalized spacial score (nSPS) is 21.5. The second-order valence-electron chi connectivity index (χ2n) is 3.76. The third-order valence-electron chi connectivity index (χ3n) is 2.60. The van der Waals surface area contributed by atoms with Crippen LogP contribution in [0.4, 0.5) is 0 Å². The van der Waals surface area contributed by atoms with Gasteiger partial charge in [0.05, 0.1) is 5.02 Å². The molecule has 82 valence electrons. The fourth-order valence-electron chi connectivity index (χ4n) is 1.70. The molecule has 0 radical (unpaired) electrons. The minimum absolute atomic E-state index is 0.646. The number of rotatable bonds is 3. The van der Waals surface area contributed by atoms with E-state index >= 15 is 0 Å². The Morgan fingerprint density at radius 1 is 1.60 bits per heavy atom. The molecular formula is C11H15ClN2S. The predicted octanol–water partition coefficient (Wildman–Crippen LogP) is 2.72. The van der Waals surface area contributed by atoms with Crippen LogP contribution in [-0.2, 0) is 6.54 Å². The summed E-state index contributed by atoms with van der Waals surface area (Å²) >= 11 is 8.07. The van der Waals surface area contributed by atoms with E-state index in [1.807, 2.05) is 17.8 Å². The molecule has 0 aliphatic carbocycles. The fraction of sp³-hybridized carbons (Fsp3) is 0.545. The Balaban J connectivity index is 1.84. The van der Waals surface area contributed by atoms with Crippen molar-refractivity contribution in [1.29, 1.82) is 0 Å². The highest BCUT2D eigenvalue weighted by atomic mass is 35.5. The maximum absolute atomic E-state index is 6.03. The van der Waals surface area contributed by atoms with Gasteiger partial charge in [-0.25, -0.2) is 0 Å². The SMILES string of the molecule is Clc1cnccc1CNC1CCCSC1. The molecule has 1 aromatic heterocycles. The number of thioether (sulfide) groups is 1. The Morgan fingerprint density at radius 2 is 2.53 bits per heavy atom. The molecule has 0 saturated carbocycles. The van der Waals surface area contributed by atoms with E-state index in [9.17, 15) is 0 Å². The minimum atomic E-state index is 0.646. The molecule has 2 heterocycles. The molecule has 0 spiro atoms.